The molecule has 0 unspecified atom stereocenters. The van der Waals surface area contributed by atoms with Gasteiger partial charge in [-0.2, -0.15) is 0 Å². The number of methoxy groups -OCH3 is 1. The van der Waals surface area contributed by atoms with Crippen molar-refractivity contribution in [1.29, 1.82) is 0 Å². The van der Waals surface area contributed by atoms with Crippen LogP contribution in [0.1, 0.15) is 19.5 Å². The predicted octanol–water partition coefficient (Wildman–Crippen LogP) is 3.14. The molecule has 0 radical (unpaired) electrons. The van der Waals surface area contributed by atoms with E-state index in [2.05, 4.69) is 44.6 Å². The van der Waals surface area contributed by atoms with Gasteiger partial charge in [0.15, 0.2) is 0 Å². The largest absolute Gasteiger partial charge is 0.495 e. The van der Waals surface area contributed by atoms with Crippen molar-refractivity contribution in [3.63, 3.8) is 0 Å². The van der Waals surface area contributed by atoms with Crippen LogP contribution >= 0.6 is 15.9 Å². The summed E-state index contributed by atoms with van der Waals surface area (Å²) in [6.45, 7) is 5.04. The van der Waals surface area contributed by atoms with Gasteiger partial charge in [-0.1, -0.05) is 13.8 Å². The van der Waals surface area contributed by atoms with Crippen LogP contribution < -0.4 is 10.1 Å². The summed E-state index contributed by atoms with van der Waals surface area (Å²) in [6.07, 6.45) is 3.70. The summed E-state index contributed by atoms with van der Waals surface area (Å²) in [4.78, 5) is 4.22. The number of aromatic nitrogens is 2. The maximum atomic E-state index is 5.33. The van der Waals surface area contributed by atoms with Gasteiger partial charge >= 0.3 is 0 Å². The second-order valence-electron chi connectivity index (χ2n) is 4.61. The Kier molecular flexibility index (Phi) is 4.61. The molecule has 2 rings (SSSR count). The summed E-state index contributed by atoms with van der Waals surface area (Å²) in [6, 6.07) is 6.45. The molecule has 0 aliphatic heterocycles. The van der Waals surface area contributed by atoms with E-state index >= 15 is 0 Å². The molecule has 0 fully saturated rings. The molecule has 5 heteroatoms. The van der Waals surface area contributed by atoms with Gasteiger partial charge in [0.1, 0.15) is 5.75 Å². The van der Waals surface area contributed by atoms with E-state index in [-0.39, 0.29) is 0 Å². The van der Waals surface area contributed by atoms with Crippen LogP contribution in [0.4, 0.5) is 0 Å². The second kappa shape index (κ2) is 6.21. The van der Waals surface area contributed by atoms with Gasteiger partial charge in [-0.25, -0.2) is 4.98 Å². The summed E-state index contributed by atoms with van der Waals surface area (Å²) in [5.74, 6) is 0.814. The van der Waals surface area contributed by atoms with Crippen LogP contribution in [0.25, 0.3) is 5.69 Å². The lowest BCUT2D eigenvalue weighted by Crippen LogP contribution is -2.23. The Bertz CT molecular complexity index is 551. The Morgan fingerprint density at radius 1 is 1.42 bits per heavy atom. The normalized spacial score (nSPS) is 11.0. The summed E-state index contributed by atoms with van der Waals surface area (Å²) in [5, 5.41) is 3.40. The van der Waals surface area contributed by atoms with Gasteiger partial charge < -0.3 is 14.6 Å². The Balaban J connectivity index is 2.29. The highest BCUT2D eigenvalue weighted by atomic mass is 79.9. The van der Waals surface area contributed by atoms with E-state index in [1.54, 1.807) is 7.11 Å². The Hall–Kier alpha value is -1.33. The van der Waals surface area contributed by atoms with Crippen molar-refractivity contribution in [2.24, 2.45) is 0 Å². The minimum absolute atomic E-state index is 0.447. The minimum atomic E-state index is 0.447. The predicted molar refractivity (Wildman–Crippen MR) is 79.8 cm³/mol. The molecular weight excluding hydrogens is 306 g/mol. The SMILES string of the molecule is COc1cc(-n2cncc2CNC(C)C)ccc1Br. The molecule has 19 heavy (non-hydrogen) atoms. The number of nitrogens with zero attached hydrogens (tertiary/aromatic N) is 2. The van der Waals surface area contributed by atoms with Crippen LogP contribution in [0.2, 0.25) is 0 Å². The maximum Gasteiger partial charge on any atom is 0.135 e. The topological polar surface area (TPSA) is 39.1 Å². The molecule has 1 aromatic heterocycles. The van der Waals surface area contributed by atoms with E-state index in [0.29, 0.717) is 6.04 Å². The lowest BCUT2D eigenvalue weighted by Gasteiger charge is -2.12. The monoisotopic (exact) mass is 323 g/mol. The highest BCUT2D eigenvalue weighted by Crippen LogP contribution is 2.27. The first-order valence-electron chi connectivity index (χ1n) is 6.20. The molecule has 1 aromatic carbocycles. The van der Waals surface area contributed by atoms with E-state index in [1.807, 2.05) is 30.7 Å². The number of rotatable bonds is 5. The standard InChI is InChI=1S/C14H18BrN3O/c1-10(2)17-8-12-7-16-9-18(12)11-4-5-13(15)14(6-11)19-3/h4-7,9-10,17H,8H2,1-3H3. The van der Waals surface area contributed by atoms with Crippen LogP contribution in [0.3, 0.4) is 0 Å². The van der Waals surface area contributed by atoms with E-state index < -0.39 is 0 Å². The fraction of sp³-hybridized carbons (Fsp3) is 0.357. The molecule has 1 heterocycles. The number of nitrogens with one attached hydrogen (secondary N) is 1. The average Bonchev–Trinajstić information content (AvgIpc) is 2.85. The van der Waals surface area contributed by atoms with Crippen molar-refractivity contribution in [3.8, 4) is 11.4 Å². The van der Waals surface area contributed by atoms with Crippen molar-refractivity contribution >= 4 is 15.9 Å². The number of hydrogen-bond acceptors (Lipinski definition) is 3. The quantitative estimate of drug-likeness (QED) is 0.918. The van der Waals surface area contributed by atoms with Crippen molar-refractivity contribution in [2.75, 3.05) is 7.11 Å². The van der Waals surface area contributed by atoms with Crippen molar-refractivity contribution in [2.45, 2.75) is 26.4 Å². The zero-order valence-corrected chi connectivity index (χ0v) is 12.9. The fourth-order valence-electron chi connectivity index (χ4n) is 1.79. The lowest BCUT2D eigenvalue weighted by molar-refractivity contribution is 0.412. The highest BCUT2D eigenvalue weighted by Gasteiger charge is 2.07. The number of hydrogen-bond donors (Lipinski definition) is 1. The van der Waals surface area contributed by atoms with Gasteiger partial charge in [0, 0.05) is 24.8 Å². The van der Waals surface area contributed by atoms with Gasteiger partial charge in [-0.05, 0) is 28.1 Å². The lowest BCUT2D eigenvalue weighted by atomic mass is 10.3. The first-order chi connectivity index (χ1) is 9.11. The summed E-state index contributed by atoms with van der Waals surface area (Å²) in [7, 11) is 1.67. The number of ether oxygens (including phenoxy) is 1. The molecule has 0 saturated heterocycles. The zero-order chi connectivity index (χ0) is 13.8. The molecule has 0 amide bonds. The third-order valence-electron chi connectivity index (χ3n) is 2.82. The number of benzene rings is 1. The molecule has 102 valence electrons. The molecule has 4 nitrogen and oxygen atoms in total. The molecule has 0 aliphatic carbocycles. The first-order valence-corrected chi connectivity index (χ1v) is 6.99. The van der Waals surface area contributed by atoms with E-state index in [9.17, 15) is 0 Å². The van der Waals surface area contributed by atoms with Crippen molar-refractivity contribution in [1.82, 2.24) is 14.9 Å². The maximum absolute atomic E-state index is 5.33. The van der Waals surface area contributed by atoms with Gasteiger partial charge in [0.05, 0.1) is 29.3 Å². The Morgan fingerprint density at radius 2 is 2.21 bits per heavy atom. The molecule has 0 saturated carbocycles. The molecule has 1 N–H and O–H groups in total. The molecule has 2 aromatic rings. The van der Waals surface area contributed by atoms with Crippen LogP contribution in [0.15, 0.2) is 35.2 Å². The van der Waals surface area contributed by atoms with Gasteiger partial charge in [-0.3, -0.25) is 0 Å². The molecular formula is C14H18BrN3O. The van der Waals surface area contributed by atoms with Crippen molar-refractivity contribution < 1.29 is 4.74 Å². The Morgan fingerprint density at radius 3 is 2.89 bits per heavy atom. The first kappa shape index (κ1) is 14.1. The summed E-state index contributed by atoms with van der Waals surface area (Å²) in [5.41, 5.74) is 2.16. The van der Waals surface area contributed by atoms with Crippen LogP contribution in [0.5, 0.6) is 5.75 Å². The minimum Gasteiger partial charge on any atom is -0.495 e. The number of imidazole rings is 1. The summed E-state index contributed by atoms with van der Waals surface area (Å²) < 4.78 is 8.33. The summed E-state index contributed by atoms with van der Waals surface area (Å²) >= 11 is 3.46. The van der Waals surface area contributed by atoms with E-state index in [4.69, 9.17) is 4.74 Å². The highest BCUT2D eigenvalue weighted by molar-refractivity contribution is 9.10. The Labute approximate surface area is 121 Å². The third kappa shape index (κ3) is 3.36. The molecule has 0 bridgehead atoms. The fourth-order valence-corrected chi connectivity index (χ4v) is 2.20. The van der Waals surface area contributed by atoms with Crippen LogP contribution in [0, 0.1) is 0 Å². The van der Waals surface area contributed by atoms with Gasteiger partial charge in [0.25, 0.3) is 0 Å². The van der Waals surface area contributed by atoms with Crippen LogP contribution in [-0.2, 0) is 6.54 Å². The second-order valence-corrected chi connectivity index (χ2v) is 5.46. The van der Waals surface area contributed by atoms with Crippen LogP contribution in [-0.4, -0.2) is 22.7 Å². The average molecular weight is 324 g/mol. The van der Waals surface area contributed by atoms with Gasteiger partial charge in [-0.15, -0.1) is 0 Å². The van der Waals surface area contributed by atoms with Crippen molar-refractivity contribution in [3.05, 3.63) is 40.9 Å². The number of halogens is 1. The smallest absolute Gasteiger partial charge is 0.135 e. The zero-order valence-electron chi connectivity index (χ0n) is 11.4. The molecule has 0 atom stereocenters. The molecule has 0 spiro atoms. The van der Waals surface area contributed by atoms with E-state index in [1.165, 1.54) is 0 Å². The van der Waals surface area contributed by atoms with E-state index in [0.717, 1.165) is 28.1 Å². The van der Waals surface area contributed by atoms with Gasteiger partial charge in [0.2, 0.25) is 0 Å². The molecule has 0 aliphatic rings. The third-order valence-corrected chi connectivity index (χ3v) is 3.47.